The molecule has 1 N–H and O–H groups in total. The van der Waals surface area contributed by atoms with E-state index in [2.05, 4.69) is 37.0 Å². The summed E-state index contributed by atoms with van der Waals surface area (Å²) in [6, 6.07) is 0. The van der Waals surface area contributed by atoms with Crippen LogP contribution in [0.3, 0.4) is 0 Å². The molecule has 0 aromatic rings. The van der Waals surface area contributed by atoms with E-state index in [0.717, 1.165) is 0 Å². The van der Waals surface area contributed by atoms with Gasteiger partial charge in [0, 0.05) is 11.8 Å². The van der Waals surface area contributed by atoms with Gasteiger partial charge in [0.15, 0.2) is 0 Å². The smallest absolute Gasteiger partial charge is 0.250 e. The van der Waals surface area contributed by atoms with E-state index < -0.39 is 0 Å². The Kier molecular flexibility index (Phi) is 21.6. The summed E-state index contributed by atoms with van der Waals surface area (Å²) in [6.07, 6.45) is 37.6. The second kappa shape index (κ2) is 23.2. The predicted molar refractivity (Wildman–Crippen MR) is 134 cm³/mol. The van der Waals surface area contributed by atoms with Crippen LogP contribution in [0.5, 0.6) is 0 Å². The molecule has 0 heterocycles. The molecule has 0 aromatic heterocycles. The molecule has 0 aromatic carbocycles. The van der Waals surface area contributed by atoms with Crippen LogP contribution in [0.2, 0.25) is 0 Å². The highest BCUT2D eigenvalue weighted by atomic mass is 16.1. The number of rotatable bonds is 19. The molecule has 1 amide bonds. The third-order valence-corrected chi connectivity index (χ3v) is 4.84. The van der Waals surface area contributed by atoms with Crippen LogP contribution in [0.4, 0.5) is 0 Å². The zero-order valence-electron chi connectivity index (χ0n) is 19.6. The van der Waals surface area contributed by atoms with Crippen molar-refractivity contribution in [3.63, 3.8) is 0 Å². The highest BCUT2D eigenvalue weighted by Gasteiger charge is 1.95. The SMILES string of the molecule is C=C(C)C(=O)NC=CC=CC=CC=CC=CCCCCCCCCCCCCCC. The summed E-state index contributed by atoms with van der Waals surface area (Å²) in [5.74, 6) is -0.159. The van der Waals surface area contributed by atoms with Crippen LogP contribution in [0.25, 0.3) is 0 Å². The molecule has 0 rings (SSSR count). The lowest BCUT2D eigenvalue weighted by molar-refractivity contribution is -0.116. The van der Waals surface area contributed by atoms with E-state index >= 15 is 0 Å². The fraction of sp³-hybridized carbons (Fsp3) is 0.536. The van der Waals surface area contributed by atoms with Crippen LogP contribution in [-0.4, -0.2) is 5.91 Å². The number of hydrogen-bond acceptors (Lipinski definition) is 1. The lowest BCUT2D eigenvalue weighted by Crippen LogP contribution is -2.16. The van der Waals surface area contributed by atoms with E-state index in [1.165, 1.54) is 83.5 Å². The topological polar surface area (TPSA) is 29.1 Å². The quantitative estimate of drug-likeness (QED) is 0.129. The maximum atomic E-state index is 11.2. The van der Waals surface area contributed by atoms with E-state index in [0.29, 0.717) is 5.57 Å². The van der Waals surface area contributed by atoms with Crippen molar-refractivity contribution < 1.29 is 4.79 Å². The van der Waals surface area contributed by atoms with Crippen molar-refractivity contribution in [1.29, 1.82) is 0 Å². The van der Waals surface area contributed by atoms with E-state index in [4.69, 9.17) is 0 Å². The van der Waals surface area contributed by atoms with Gasteiger partial charge in [0.05, 0.1) is 0 Å². The number of hydrogen-bond donors (Lipinski definition) is 1. The molecule has 2 nitrogen and oxygen atoms in total. The fourth-order valence-corrected chi connectivity index (χ4v) is 2.97. The average Bonchev–Trinajstić information content (AvgIpc) is 2.74. The molecule has 0 bridgehead atoms. The third-order valence-electron chi connectivity index (χ3n) is 4.84. The number of unbranched alkanes of at least 4 members (excludes halogenated alkanes) is 12. The van der Waals surface area contributed by atoms with E-state index in [-0.39, 0.29) is 5.91 Å². The van der Waals surface area contributed by atoms with Crippen LogP contribution in [0.15, 0.2) is 73.0 Å². The Morgan fingerprint density at radius 2 is 1.10 bits per heavy atom. The van der Waals surface area contributed by atoms with E-state index in [1.54, 1.807) is 19.2 Å². The minimum Gasteiger partial charge on any atom is -0.329 e. The van der Waals surface area contributed by atoms with Crippen LogP contribution in [-0.2, 0) is 4.79 Å². The Morgan fingerprint density at radius 1 is 0.667 bits per heavy atom. The van der Waals surface area contributed by atoms with Gasteiger partial charge in [-0.25, -0.2) is 0 Å². The van der Waals surface area contributed by atoms with Crippen molar-refractivity contribution in [3.8, 4) is 0 Å². The van der Waals surface area contributed by atoms with Gasteiger partial charge in [-0.2, -0.15) is 0 Å². The van der Waals surface area contributed by atoms with E-state index in [1.807, 2.05) is 30.4 Å². The van der Waals surface area contributed by atoms with Crippen LogP contribution in [0, 0.1) is 0 Å². The molecule has 0 atom stereocenters. The van der Waals surface area contributed by atoms with Crippen LogP contribution >= 0.6 is 0 Å². The maximum absolute atomic E-state index is 11.2. The first kappa shape index (κ1) is 27.9. The Bertz CT molecular complexity index is 563. The minimum absolute atomic E-state index is 0.159. The summed E-state index contributed by atoms with van der Waals surface area (Å²) < 4.78 is 0. The number of carbonyl (C=O) groups excluding carboxylic acids is 1. The van der Waals surface area contributed by atoms with Gasteiger partial charge in [0.2, 0.25) is 5.91 Å². The number of allylic oxidation sites excluding steroid dienone is 9. The molecule has 0 radical (unpaired) electrons. The van der Waals surface area contributed by atoms with Crippen molar-refractivity contribution in [1.82, 2.24) is 5.32 Å². The fourth-order valence-electron chi connectivity index (χ4n) is 2.97. The Labute approximate surface area is 186 Å². The Balaban J connectivity index is 3.47. The summed E-state index contributed by atoms with van der Waals surface area (Å²) >= 11 is 0. The van der Waals surface area contributed by atoms with Crippen molar-refractivity contribution in [2.75, 3.05) is 0 Å². The van der Waals surface area contributed by atoms with Crippen LogP contribution in [0.1, 0.15) is 97.3 Å². The molecule has 0 saturated heterocycles. The van der Waals surface area contributed by atoms with Gasteiger partial charge in [-0.15, -0.1) is 0 Å². The maximum Gasteiger partial charge on any atom is 0.250 e. The molecular weight excluding hydrogens is 366 g/mol. The van der Waals surface area contributed by atoms with Crippen molar-refractivity contribution in [2.24, 2.45) is 0 Å². The molecule has 30 heavy (non-hydrogen) atoms. The van der Waals surface area contributed by atoms with Gasteiger partial charge in [-0.05, 0) is 25.8 Å². The van der Waals surface area contributed by atoms with Gasteiger partial charge >= 0.3 is 0 Å². The summed E-state index contributed by atoms with van der Waals surface area (Å²) in [5.41, 5.74) is 0.500. The van der Waals surface area contributed by atoms with Gasteiger partial charge in [-0.1, -0.05) is 133 Å². The largest absolute Gasteiger partial charge is 0.329 e. The molecule has 168 valence electrons. The highest BCUT2D eigenvalue weighted by Crippen LogP contribution is 2.12. The van der Waals surface area contributed by atoms with Crippen molar-refractivity contribution in [2.45, 2.75) is 97.3 Å². The number of amides is 1. The van der Waals surface area contributed by atoms with Gasteiger partial charge in [0.1, 0.15) is 0 Å². The molecule has 0 spiro atoms. The molecule has 0 aliphatic carbocycles. The standard InChI is InChI=1S/C28H45NO/c1-4-5-6-7-8-9-10-11-12-13-14-15-16-17-18-19-20-21-22-23-24-25-26-29-28(30)27(2)3/h17-26H,2,4-16H2,1,3H3,(H,29,30). The third kappa shape index (κ3) is 22.2. The number of carbonyl (C=O) groups is 1. The van der Waals surface area contributed by atoms with Crippen molar-refractivity contribution >= 4 is 5.91 Å². The second-order valence-corrected chi connectivity index (χ2v) is 7.87. The molecule has 2 heteroatoms. The first-order valence-corrected chi connectivity index (χ1v) is 12.0. The molecular formula is C28H45NO. The predicted octanol–water partition coefficient (Wildman–Crippen LogP) is 8.51. The second-order valence-electron chi connectivity index (χ2n) is 7.87. The first-order valence-electron chi connectivity index (χ1n) is 12.0. The summed E-state index contributed by atoms with van der Waals surface area (Å²) in [5, 5.41) is 2.63. The lowest BCUT2D eigenvalue weighted by Gasteiger charge is -2.02. The normalized spacial score (nSPS) is 12.3. The Hall–Kier alpha value is -2.09. The van der Waals surface area contributed by atoms with Crippen molar-refractivity contribution in [3.05, 3.63) is 73.0 Å². The van der Waals surface area contributed by atoms with E-state index in [9.17, 15) is 4.79 Å². The molecule has 0 saturated carbocycles. The molecule has 0 aliphatic rings. The van der Waals surface area contributed by atoms with Gasteiger partial charge in [-0.3, -0.25) is 4.79 Å². The molecule has 0 fully saturated rings. The molecule has 0 unspecified atom stereocenters. The zero-order valence-corrected chi connectivity index (χ0v) is 19.6. The summed E-state index contributed by atoms with van der Waals surface area (Å²) in [4.78, 5) is 11.2. The Morgan fingerprint density at radius 3 is 1.60 bits per heavy atom. The van der Waals surface area contributed by atoms with Gasteiger partial charge < -0.3 is 5.32 Å². The highest BCUT2D eigenvalue weighted by molar-refractivity contribution is 5.92. The average molecular weight is 412 g/mol. The summed E-state index contributed by atoms with van der Waals surface area (Å²) in [7, 11) is 0. The monoisotopic (exact) mass is 411 g/mol. The number of nitrogens with one attached hydrogen (secondary N) is 1. The zero-order chi connectivity index (χ0) is 22.1. The minimum atomic E-state index is -0.159. The lowest BCUT2D eigenvalue weighted by atomic mass is 10.0. The first-order chi connectivity index (χ1) is 14.7. The summed E-state index contributed by atoms with van der Waals surface area (Å²) in [6.45, 7) is 7.54. The van der Waals surface area contributed by atoms with Crippen LogP contribution < -0.4 is 5.32 Å². The van der Waals surface area contributed by atoms with Gasteiger partial charge in [0.25, 0.3) is 0 Å². The molecule has 0 aliphatic heterocycles.